The van der Waals surface area contributed by atoms with E-state index >= 15 is 0 Å². The molecule has 0 heterocycles. The molecule has 1 amide bonds. The molecule has 0 spiro atoms. The Balaban J connectivity index is 2.12. The Morgan fingerprint density at radius 2 is 1.86 bits per heavy atom. The van der Waals surface area contributed by atoms with Gasteiger partial charge in [-0.2, -0.15) is 0 Å². The zero-order valence-corrected chi connectivity index (χ0v) is 13.7. The standard InChI is InChI=1S/C16H15Cl2NO3/c1-21-12-5-3-10(15(8-12)22-2)9-19-16(20)13-7-11(17)4-6-14(13)18/h3-8H,9H2,1-2H3,(H,19,20). The molecular formula is C16H15Cl2NO3. The van der Waals surface area contributed by atoms with Gasteiger partial charge in [-0.15, -0.1) is 0 Å². The van der Waals surface area contributed by atoms with Crippen LogP contribution >= 0.6 is 23.2 Å². The zero-order chi connectivity index (χ0) is 16.1. The second-order valence-electron chi connectivity index (χ2n) is 4.48. The molecular weight excluding hydrogens is 325 g/mol. The van der Waals surface area contributed by atoms with E-state index in [1.165, 1.54) is 6.07 Å². The molecule has 0 aromatic heterocycles. The summed E-state index contributed by atoms with van der Waals surface area (Å²) in [5.74, 6) is 1.02. The molecule has 2 aromatic carbocycles. The first-order valence-electron chi connectivity index (χ1n) is 6.49. The average Bonchev–Trinajstić information content (AvgIpc) is 2.54. The van der Waals surface area contributed by atoms with Gasteiger partial charge in [0.1, 0.15) is 11.5 Å². The monoisotopic (exact) mass is 339 g/mol. The fraction of sp³-hybridized carbons (Fsp3) is 0.188. The highest BCUT2D eigenvalue weighted by Crippen LogP contribution is 2.25. The minimum atomic E-state index is -0.301. The smallest absolute Gasteiger partial charge is 0.253 e. The number of hydrogen-bond donors (Lipinski definition) is 1. The van der Waals surface area contributed by atoms with E-state index in [-0.39, 0.29) is 5.91 Å². The number of nitrogens with one attached hydrogen (secondary N) is 1. The Morgan fingerprint density at radius 1 is 1.09 bits per heavy atom. The highest BCUT2D eigenvalue weighted by molar-refractivity contribution is 6.35. The Hall–Kier alpha value is -1.91. The molecule has 22 heavy (non-hydrogen) atoms. The summed E-state index contributed by atoms with van der Waals surface area (Å²) < 4.78 is 10.4. The number of methoxy groups -OCH3 is 2. The normalized spacial score (nSPS) is 10.2. The third-order valence-corrected chi connectivity index (χ3v) is 3.67. The van der Waals surface area contributed by atoms with E-state index in [4.69, 9.17) is 32.7 Å². The molecule has 6 heteroatoms. The van der Waals surface area contributed by atoms with E-state index < -0.39 is 0 Å². The number of halogens is 2. The lowest BCUT2D eigenvalue weighted by molar-refractivity contribution is 0.0951. The van der Waals surface area contributed by atoms with Crippen LogP contribution in [0.2, 0.25) is 10.0 Å². The van der Waals surface area contributed by atoms with Crippen molar-refractivity contribution >= 4 is 29.1 Å². The van der Waals surface area contributed by atoms with Gasteiger partial charge in [0, 0.05) is 23.2 Å². The van der Waals surface area contributed by atoms with Crippen molar-refractivity contribution in [3.8, 4) is 11.5 Å². The lowest BCUT2D eigenvalue weighted by atomic mass is 10.1. The minimum Gasteiger partial charge on any atom is -0.497 e. The number of carbonyl (C=O) groups excluding carboxylic acids is 1. The summed E-state index contributed by atoms with van der Waals surface area (Å²) in [7, 11) is 3.14. The van der Waals surface area contributed by atoms with Crippen molar-refractivity contribution < 1.29 is 14.3 Å². The Labute approximate surface area is 138 Å². The predicted octanol–water partition coefficient (Wildman–Crippen LogP) is 3.94. The van der Waals surface area contributed by atoms with Crippen LogP contribution in [-0.2, 0) is 6.54 Å². The van der Waals surface area contributed by atoms with E-state index in [0.717, 1.165) is 5.56 Å². The topological polar surface area (TPSA) is 47.6 Å². The van der Waals surface area contributed by atoms with Crippen LogP contribution in [0.5, 0.6) is 11.5 Å². The van der Waals surface area contributed by atoms with Gasteiger partial charge in [-0.3, -0.25) is 4.79 Å². The number of amides is 1. The van der Waals surface area contributed by atoms with Crippen molar-refractivity contribution in [2.45, 2.75) is 6.54 Å². The number of carbonyl (C=O) groups is 1. The molecule has 4 nitrogen and oxygen atoms in total. The molecule has 2 rings (SSSR count). The largest absolute Gasteiger partial charge is 0.497 e. The summed E-state index contributed by atoms with van der Waals surface area (Å²) in [6, 6.07) is 10.1. The van der Waals surface area contributed by atoms with Crippen LogP contribution in [0.4, 0.5) is 0 Å². The summed E-state index contributed by atoms with van der Waals surface area (Å²) in [6.45, 7) is 0.300. The Kier molecular flexibility index (Phi) is 5.52. The van der Waals surface area contributed by atoms with Crippen LogP contribution in [-0.4, -0.2) is 20.1 Å². The van der Waals surface area contributed by atoms with Crippen molar-refractivity contribution in [1.29, 1.82) is 0 Å². The van der Waals surface area contributed by atoms with Gasteiger partial charge in [0.2, 0.25) is 0 Å². The highest BCUT2D eigenvalue weighted by atomic mass is 35.5. The van der Waals surface area contributed by atoms with E-state index in [2.05, 4.69) is 5.32 Å². The lowest BCUT2D eigenvalue weighted by Gasteiger charge is -2.12. The number of ether oxygens (including phenoxy) is 2. The van der Waals surface area contributed by atoms with Gasteiger partial charge in [0.25, 0.3) is 5.91 Å². The maximum Gasteiger partial charge on any atom is 0.253 e. The number of hydrogen-bond acceptors (Lipinski definition) is 3. The van der Waals surface area contributed by atoms with Crippen molar-refractivity contribution in [2.75, 3.05) is 14.2 Å². The molecule has 0 unspecified atom stereocenters. The predicted molar refractivity (Wildman–Crippen MR) is 87.2 cm³/mol. The summed E-state index contributed by atoms with van der Waals surface area (Å²) in [5.41, 5.74) is 1.16. The van der Waals surface area contributed by atoms with E-state index in [1.54, 1.807) is 38.5 Å². The molecule has 1 N–H and O–H groups in total. The van der Waals surface area contributed by atoms with Gasteiger partial charge in [-0.25, -0.2) is 0 Å². The summed E-state index contributed by atoms with van der Waals surface area (Å²) in [5, 5.41) is 3.60. The second-order valence-corrected chi connectivity index (χ2v) is 5.33. The van der Waals surface area contributed by atoms with Crippen LogP contribution in [0.3, 0.4) is 0 Å². The quantitative estimate of drug-likeness (QED) is 0.897. The van der Waals surface area contributed by atoms with Crippen LogP contribution in [0.15, 0.2) is 36.4 Å². The van der Waals surface area contributed by atoms with Gasteiger partial charge in [-0.1, -0.05) is 23.2 Å². The van der Waals surface area contributed by atoms with E-state index in [0.29, 0.717) is 33.7 Å². The zero-order valence-electron chi connectivity index (χ0n) is 12.2. The van der Waals surface area contributed by atoms with Gasteiger partial charge < -0.3 is 14.8 Å². The van der Waals surface area contributed by atoms with Crippen molar-refractivity contribution in [1.82, 2.24) is 5.32 Å². The molecule has 0 atom stereocenters. The van der Waals surface area contributed by atoms with Gasteiger partial charge in [0.15, 0.2) is 0 Å². The van der Waals surface area contributed by atoms with Crippen molar-refractivity contribution in [3.63, 3.8) is 0 Å². The van der Waals surface area contributed by atoms with Gasteiger partial charge in [0.05, 0.1) is 24.8 Å². The van der Waals surface area contributed by atoms with Crippen LogP contribution in [0.25, 0.3) is 0 Å². The van der Waals surface area contributed by atoms with Crippen LogP contribution in [0, 0.1) is 0 Å². The molecule has 0 bridgehead atoms. The van der Waals surface area contributed by atoms with Crippen molar-refractivity contribution in [3.05, 3.63) is 57.6 Å². The molecule has 0 fully saturated rings. The first-order valence-corrected chi connectivity index (χ1v) is 7.25. The second kappa shape index (κ2) is 7.38. The SMILES string of the molecule is COc1ccc(CNC(=O)c2cc(Cl)ccc2Cl)c(OC)c1. The van der Waals surface area contributed by atoms with E-state index in [1.807, 2.05) is 6.07 Å². The molecule has 0 aliphatic carbocycles. The number of benzene rings is 2. The minimum absolute atomic E-state index is 0.300. The fourth-order valence-electron chi connectivity index (χ4n) is 1.94. The average molecular weight is 340 g/mol. The van der Waals surface area contributed by atoms with Gasteiger partial charge in [-0.05, 0) is 30.3 Å². The molecule has 0 aliphatic rings. The molecule has 116 valence electrons. The maximum absolute atomic E-state index is 12.2. The molecule has 0 radical (unpaired) electrons. The molecule has 2 aromatic rings. The Bertz CT molecular complexity index is 689. The summed E-state index contributed by atoms with van der Waals surface area (Å²) in [4.78, 5) is 12.2. The van der Waals surface area contributed by atoms with Crippen LogP contribution in [0.1, 0.15) is 15.9 Å². The maximum atomic E-state index is 12.2. The number of rotatable bonds is 5. The summed E-state index contributed by atoms with van der Waals surface area (Å²) >= 11 is 11.9. The van der Waals surface area contributed by atoms with Crippen molar-refractivity contribution in [2.24, 2.45) is 0 Å². The molecule has 0 saturated carbocycles. The first kappa shape index (κ1) is 16.5. The lowest BCUT2D eigenvalue weighted by Crippen LogP contribution is -2.23. The van der Waals surface area contributed by atoms with Crippen LogP contribution < -0.4 is 14.8 Å². The third kappa shape index (κ3) is 3.84. The fourth-order valence-corrected chi connectivity index (χ4v) is 2.32. The molecule has 0 aliphatic heterocycles. The highest BCUT2D eigenvalue weighted by Gasteiger charge is 2.12. The van der Waals surface area contributed by atoms with Gasteiger partial charge >= 0.3 is 0 Å². The summed E-state index contributed by atoms with van der Waals surface area (Å²) in [6.07, 6.45) is 0. The molecule has 0 saturated heterocycles. The van der Waals surface area contributed by atoms with E-state index in [9.17, 15) is 4.79 Å². The first-order chi connectivity index (χ1) is 10.5. The third-order valence-electron chi connectivity index (χ3n) is 3.11. The Morgan fingerprint density at radius 3 is 2.55 bits per heavy atom.